The monoisotopic (exact) mass is 451 g/mol. The van der Waals surface area contributed by atoms with Crippen molar-refractivity contribution in [3.05, 3.63) is 59.4 Å². The Morgan fingerprint density at radius 1 is 1.26 bits per heavy atom. The largest absolute Gasteiger partial charge is 0.493 e. The highest BCUT2D eigenvalue weighted by Gasteiger charge is 2.33. The van der Waals surface area contributed by atoms with Crippen LogP contribution in [0.15, 0.2) is 42.5 Å². The van der Waals surface area contributed by atoms with Gasteiger partial charge >= 0.3 is 0 Å². The minimum Gasteiger partial charge on any atom is -0.493 e. The van der Waals surface area contributed by atoms with Crippen molar-refractivity contribution in [3.63, 3.8) is 0 Å². The first-order chi connectivity index (χ1) is 14.8. The molecule has 1 aliphatic heterocycles. The van der Waals surface area contributed by atoms with E-state index in [0.29, 0.717) is 41.9 Å². The zero-order chi connectivity index (χ0) is 22.4. The summed E-state index contributed by atoms with van der Waals surface area (Å²) in [4.78, 5) is 12.8. The fourth-order valence-electron chi connectivity index (χ4n) is 3.66. The Bertz CT molecular complexity index is 1010. The van der Waals surface area contributed by atoms with E-state index in [9.17, 15) is 22.7 Å². The van der Waals surface area contributed by atoms with Crippen LogP contribution >= 0.6 is 0 Å². The fraction of sp³-hybridized carbons (Fsp3) is 0.409. The molecule has 31 heavy (non-hydrogen) atoms. The third-order valence-electron chi connectivity index (χ3n) is 5.20. The van der Waals surface area contributed by atoms with Crippen molar-refractivity contribution in [3.8, 4) is 11.5 Å². The lowest BCUT2D eigenvalue weighted by molar-refractivity contribution is 0.0516. The highest BCUT2D eigenvalue weighted by Crippen LogP contribution is 2.28. The number of nitrogens with zero attached hydrogens (tertiary/aromatic N) is 1. The van der Waals surface area contributed by atoms with Crippen molar-refractivity contribution >= 4 is 16.1 Å². The zero-order valence-electron chi connectivity index (χ0n) is 17.2. The van der Waals surface area contributed by atoms with Crippen molar-refractivity contribution in [1.29, 1.82) is 0 Å². The van der Waals surface area contributed by atoms with Crippen LogP contribution in [0, 0.1) is 5.82 Å². The molecule has 0 aliphatic carbocycles. The average molecular weight is 452 g/mol. The van der Waals surface area contributed by atoms with Gasteiger partial charge in [-0.1, -0.05) is 12.1 Å². The number of hydrogen-bond acceptors (Lipinski definition) is 7. The maximum Gasteiger partial charge on any atom is 0.161 e. The van der Waals surface area contributed by atoms with Crippen LogP contribution in [0.25, 0.3) is 0 Å². The molecule has 0 bridgehead atoms. The van der Waals surface area contributed by atoms with Crippen LogP contribution in [-0.2, 0) is 16.4 Å². The fourth-order valence-corrected chi connectivity index (χ4v) is 5.42. The number of hydrogen-bond donors (Lipinski definition) is 1. The highest BCUT2D eigenvalue weighted by atomic mass is 32.2. The second-order valence-corrected chi connectivity index (χ2v) is 9.84. The molecule has 1 saturated heterocycles. The number of carbonyl (C=O) groups excluding carboxylic acids is 1. The lowest BCUT2D eigenvalue weighted by Gasteiger charge is -2.30. The molecule has 1 fully saturated rings. The standard InChI is InChI=1S/C22H26FNO6S/c1-29-22-10-17(13-25)5-6-21(22)30-14-20(26)12-24(19-7-8-31(27,28)15-19)11-16-3-2-4-18(23)9-16/h2-6,9-10,13,19-20,26H,7-8,11-12,14-15H2,1H3. The number of halogens is 1. The molecule has 2 aromatic carbocycles. The van der Waals surface area contributed by atoms with E-state index in [1.54, 1.807) is 24.3 Å². The van der Waals surface area contributed by atoms with E-state index in [-0.39, 0.29) is 36.5 Å². The lowest BCUT2D eigenvalue weighted by atomic mass is 10.1. The predicted octanol–water partition coefficient (Wildman–Crippen LogP) is 2.08. The molecule has 2 aromatic rings. The minimum atomic E-state index is -3.12. The van der Waals surface area contributed by atoms with E-state index >= 15 is 0 Å². The van der Waals surface area contributed by atoms with E-state index in [1.165, 1.54) is 25.3 Å². The van der Waals surface area contributed by atoms with E-state index in [2.05, 4.69) is 0 Å². The first-order valence-electron chi connectivity index (χ1n) is 9.92. The molecule has 2 atom stereocenters. The third-order valence-corrected chi connectivity index (χ3v) is 6.95. The number of carbonyl (C=O) groups is 1. The van der Waals surface area contributed by atoms with Crippen molar-refractivity contribution in [2.45, 2.75) is 25.1 Å². The summed E-state index contributed by atoms with van der Waals surface area (Å²) in [6.45, 7) is 0.410. The van der Waals surface area contributed by atoms with Gasteiger partial charge in [0.1, 0.15) is 24.8 Å². The van der Waals surface area contributed by atoms with Crippen molar-refractivity contribution in [2.75, 3.05) is 31.8 Å². The van der Waals surface area contributed by atoms with Crippen molar-refractivity contribution in [1.82, 2.24) is 4.90 Å². The van der Waals surface area contributed by atoms with Crippen LogP contribution in [0.3, 0.4) is 0 Å². The minimum absolute atomic E-state index is 0.0108. The van der Waals surface area contributed by atoms with E-state index in [1.807, 2.05) is 4.90 Å². The maximum atomic E-state index is 13.6. The number of ether oxygens (including phenoxy) is 2. The summed E-state index contributed by atoms with van der Waals surface area (Å²) in [7, 11) is -1.67. The first-order valence-corrected chi connectivity index (χ1v) is 11.7. The highest BCUT2D eigenvalue weighted by molar-refractivity contribution is 7.91. The van der Waals surface area contributed by atoms with Crippen LogP contribution in [0.1, 0.15) is 22.3 Å². The third kappa shape index (κ3) is 6.49. The van der Waals surface area contributed by atoms with Gasteiger partial charge in [0.25, 0.3) is 0 Å². The van der Waals surface area contributed by atoms with Gasteiger partial charge < -0.3 is 14.6 Å². The van der Waals surface area contributed by atoms with Crippen LogP contribution in [-0.4, -0.2) is 68.6 Å². The summed E-state index contributed by atoms with van der Waals surface area (Å²) >= 11 is 0. The Hall–Kier alpha value is -2.49. The summed E-state index contributed by atoms with van der Waals surface area (Å²) in [5, 5.41) is 10.6. The summed E-state index contributed by atoms with van der Waals surface area (Å²) < 4.78 is 48.4. The molecule has 0 amide bonds. The molecule has 3 rings (SSSR count). The van der Waals surface area contributed by atoms with E-state index < -0.39 is 15.9 Å². The van der Waals surface area contributed by atoms with Gasteiger partial charge in [-0.15, -0.1) is 0 Å². The van der Waals surface area contributed by atoms with E-state index in [0.717, 1.165) is 0 Å². The van der Waals surface area contributed by atoms with Gasteiger partial charge in [-0.2, -0.15) is 0 Å². The number of benzene rings is 2. The molecule has 0 saturated carbocycles. The molecule has 9 heteroatoms. The van der Waals surface area contributed by atoms with Gasteiger partial charge in [-0.3, -0.25) is 9.69 Å². The van der Waals surface area contributed by atoms with Gasteiger partial charge in [-0.05, 0) is 42.3 Å². The number of rotatable bonds is 10. The van der Waals surface area contributed by atoms with Crippen LogP contribution in [0.4, 0.5) is 4.39 Å². The number of aliphatic hydroxyl groups excluding tert-OH is 1. The van der Waals surface area contributed by atoms with Crippen LogP contribution < -0.4 is 9.47 Å². The molecule has 0 radical (unpaired) electrons. The van der Waals surface area contributed by atoms with Gasteiger partial charge in [-0.25, -0.2) is 12.8 Å². The Balaban J connectivity index is 1.68. The molecular weight excluding hydrogens is 425 g/mol. The van der Waals surface area contributed by atoms with Crippen molar-refractivity contribution in [2.24, 2.45) is 0 Å². The molecule has 1 heterocycles. The summed E-state index contributed by atoms with van der Waals surface area (Å²) in [5.74, 6) is 0.495. The summed E-state index contributed by atoms with van der Waals surface area (Å²) in [5.41, 5.74) is 1.14. The van der Waals surface area contributed by atoms with Gasteiger partial charge in [0.15, 0.2) is 21.3 Å². The molecule has 0 spiro atoms. The molecule has 0 aromatic heterocycles. The second kappa shape index (κ2) is 10.2. The average Bonchev–Trinajstić information content (AvgIpc) is 3.11. The quantitative estimate of drug-likeness (QED) is 0.553. The maximum absolute atomic E-state index is 13.6. The number of aldehydes is 1. The van der Waals surface area contributed by atoms with Crippen LogP contribution in [0.2, 0.25) is 0 Å². The Labute approximate surface area is 181 Å². The number of sulfone groups is 1. The molecule has 1 aliphatic rings. The summed E-state index contributed by atoms with van der Waals surface area (Å²) in [6, 6.07) is 10.6. The lowest BCUT2D eigenvalue weighted by Crippen LogP contribution is -2.42. The SMILES string of the molecule is COc1cc(C=O)ccc1OCC(O)CN(Cc1cccc(F)c1)C1CCS(=O)(=O)C1. The normalized spacial score (nSPS) is 18.6. The molecule has 2 unspecified atom stereocenters. The van der Waals surface area contributed by atoms with Gasteiger partial charge in [0.2, 0.25) is 0 Å². The van der Waals surface area contributed by atoms with Gasteiger partial charge in [0.05, 0.1) is 18.6 Å². The Morgan fingerprint density at radius 3 is 2.71 bits per heavy atom. The van der Waals surface area contributed by atoms with E-state index in [4.69, 9.17) is 9.47 Å². The van der Waals surface area contributed by atoms with Gasteiger partial charge in [0, 0.05) is 24.7 Å². The topological polar surface area (TPSA) is 93.1 Å². The smallest absolute Gasteiger partial charge is 0.161 e. The number of methoxy groups -OCH3 is 1. The Morgan fingerprint density at radius 2 is 2.06 bits per heavy atom. The Kier molecular flexibility index (Phi) is 7.64. The molecule has 1 N–H and O–H groups in total. The second-order valence-electron chi connectivity index (χ2n) is 7.61. The summed E-state index contributed by atoms with van der Waals surface area (Å²) in [6.07, 6.45) is 0.236. The number of aliphatic hydroxyl groups is 1. The first kappa shape index (κ1) is 23.2. The van der Waals surface area contributed by atoms with Crippen LogP contribution in [0.5, 0.6) is 11.5 Å². The predicted molar refractivity (Wildman–Crippen MR) is 114 cm³/mol. The molecule has 7 nitrogen and oxygen atoms in total. The van der Waals surface area contributed by atoms with Crippen molar-refractivity contribution < 1.29 is 32.2 Å². The zero-order valence-corrected chi connectivity index (χ0v) is 18.1. The molecule has 168 valence electrons. The molecular formula is C22H26FNO6S.